The van der Waals surface area contributed by atoms with Crippen LogP contribution in [0.25, 0.3) is 0 Å². The quantitative estimate of drug-likeness (QED) is 0.899. The maximum absolute atomic E-state index is 12.3. The summed E-state index contributed by atoms with van der Waals surface area (Å²) in [5, 5.41) is 12.0. The lowest BCUT2D eigenvalue weighted by molar-refractivity contribution is -0.143. The summed E-state index contributed by atoms with van der Waals surface area (Å²) >= 11 is 0. The van der Waals surface area contributed by atoms with Gasteiger partial charge in [-0.2, -0.15) is 0 Å². The molecule has 2 amide bonds. The lowest BCUT2D eigenvalue weighted by atomic mass is 9.98. The monoisotopic (exact) mass is 290 g/mol. The Hall–Kier alpha value is -2.04. The van der Waals surface area contributed by atoms with Crippen molar-refractivity contribution < 1.29 is 14.7 Å². The summed E-state index contributed by atoms with van der Waals surface area (Å²) in [5.41, 5.74) is 2.21. The molecule has 0 bridgehead atoms. The van der Waals surface area contributed by atoms with E-state index in [1.807, 2.05) is 38.1 Å². The molecule has 2 unspecified atom stereocenters. The first-order valence-corrected chi connectivity index (χ1v) is 7.33. The highest BCUT2D eigenvalue weighted by Gasteiger charge is 2.28. The Balaban J connectivity index is 1.98. The van der Waals surface area contributed by atoms with E-state index in [4.69, 9.17) is 5.11 Å². The van der Waals surface area contributed by atoms with Crippen molar-refractivity contribution in [3.63, 3.8) is 0 Å². The number of nitrogens with one attached hydrogen (secondary N) is 1. The van der Waals surface area contributed by atoms with Gasteiger partial charge in [0.05, 0.1) is 12.0 Å². The Kier molecular flexibility index (Phi) is 4.83. The number of nitrogens with zero attached hydrogens (tertiary/aromatic N) is 1. The second-order valence-corrected chi connectivity index (χ2v) is 5.65. The number of hydrogen-bond acceptors (Lipinski definition) is 2. The molecule has 1 aromatic carbocycles. The van der Waals surface area contributed by atoms with Crippen LogP contribution in [-0.2, 0) is 4.79 Å². The lowest BCUT2D eigenvalue weighted by Gasteiger charge is -2.32. The number of carbonyl (C=O) groups excluding carboxylic acids is 1. The number of aryl methyl sites for hydroxylation is 1. The lowest BCUT2D eigenvalue weighted by Crippen LogP contribution is -2.47. The SMILES string of the molecule is Cc1ccccc1C(C)NC(=O)N1CCCC(C(=O)O)C1. The van der Waals surface area contributed by atoms with E-state index in [-0.39, 0.29) is 12.1 Å². The van der Waals surface area contributed by atoms with Gasteiger partial charge >= 0.3 is 12.0 Å². The van der Waals surface area contributed by atoms with Crippen LogP contribution in [0, 0.1) is 12.8 Å². The van der Waals surface area contributed by atoms with Gasteiger partial charge in [0.1, 0.15) is 0 Å². The summed E-state index contributed by atoms with van der Waals surface area (Å²) in [6.45, 7) is 4.87. The van der Waals surface area contributed by atoms with Crippen LogP contribution in [0.1, 0.15) is 36.9 Å². The molecule has 1 fully saturated rings. The average Bonchev–Trinajstić information content (AvgIpc) is 2.47. The third-order valence-corrected chi connectivity index (χ3v) is 4.05. The van der Waals surface area contributed by atoms with Crippen molar-refractivity contribution in [1.29, 1.82) is 0 Å². The number of rotatable bonds is 3. The standard InChI is InChI=1S/C16H22N2O3/c1-11-6-3-4-8-14(11)12(2)17-16(21)18-9-5-7-13(10-18)15(19)20/h3-4,6,8,12-13H,5,7,9-10H2,1-2H3,(H,17,21)(H,19,20). The highest BCUT2D eigenvalue weighted by molar-refractivity contribution is 5.77. The summed E-state index contributed by atoms with van der Waals surface area (Å²) in [6, 6.07) is 7.65. The number of carboxylic acid groups (broad SMARTS) is 1. The number of carbonyl (C=O) groups is 2. The van der Waals surface area contributed by atoms with Crippen molar-refractivity contribution in [2.24, 2.45) is 5.92 Å². The summed E-state index contributed by atoms with van der Waals surface area (Å²) in [7, 11) is 0. The molecular weight excluding hydrogens is 268 g/mol. The van der Waals surface area contributed by atoms with E-state index in [1.54, 1.807) is 4.90 Å². The zero-order chi connectivity index (χ0) is 15.4. The summed E-state index contributed by atoms with van der Waals surface area (Å²) in [4.78, 5) is 24.9. The summed E-state index contributed by atoms with van der Waals surface area (Å²) in [6.07, 6.45) is 1.38. The van der Waals surface area contributed by atoms with Gasteiger partial charge < -0.3 is 15.3 Å². The van der Waals surface area contributed by atoms with Gasteiger partial charge in [0.25, 0.3) is 0 Å². The molecule has 1 aromatic rings. The molecule has 2 atom stereocenters. The second kappa shape index (κ2) is 6.61. The first kappa shape index (κ1) is 15.4. The number of carboxylic acids is 1. The van der Waals surface area contributed by atoms with Crippen molar-refractivity contribution >= 4 is 12.0 Å². The van der Waals surface area contributed by atoms with E-state index in [2.05, 4.69) is 5.32 Å². The fourth-order valence-electron chi connectivity index (χ4n) is 2.79. The van der Waals surface area contributed by atoms with Gasteiger partial charge in [-0.25, -0.2) is 4.79 Å². The van der Waals surface area contributed by atoms with Crippen molar-refractivity contribution in [3.05, 3.63) is 35.4 Å². The molecule has 2 N–H and O–H groups in total. The van der Waals surface area contributed by atoms with Gasteiger partial charge in [-0.15, -0.1) is 0 Å². The molecule has 0 spiro atoms. The maximum Gasteiger partial charge on any atom is 0.317 e. The molecule has 1 heterocycles. The number of amides is 2. The van der Waals surface area contributed by atoms with E-state index in [1.165, 1.54) is 0 Å². The third kappa shape index (κ3) is 3.74. The molecule has 1 aliphatic heterocycles. The van der Waals surface area contributed by atoms with E-state index in [9.17, 15) is 9.59 Å². The van der Waals surface area contributed by atoms with E-state index in [0.717, 1.165) is 17.5 Å². The number of urea groups is 1. The van der Waals surface area contributed by atoms with Crippen LogP contribution in [-0.4, -0.2) is 35.1 Å². The highest BCUT2D eigenvalue weighted by Crippen LogP contribution is 2.19. The summed E-state index contributed by atoms with van der Waals surface area (Å²) in [5.74, 6) is -1.27. The molecule has 0 aliphatic carbocycles. The Morgan fingerprint density at radius 2 is 2.10 bits per heavy atom. The van der Waals surface area contributed by atoms with Crippen molar-refractivity contribution in [1.82, 2.24) is 10.2 Å². The Morgan fingerprint density at radius 1 is 1.38 bits per heavy atom. The van der Waals surface area contributed by atoms with Gasteiger partial charge in [-0.05, 0) is 37.8 Å². The minimum absolute atomic E-state index is 0.0936. The van der Waals surface area contributed by atoms with Crippen LogP contribution in [0.4, 0.5) is 4.79 Å². The molecule has 5 heteroatoms. The van der Waals surface area contributed by atoms with Crippen LogP contribution < -0.4 is 5.32 Å². The highest BCUT2D eigenvalue weighted by atomic mass is 16.4. The number of hydrogen-bond donors (Lipinski definition) is 2. The largest absolute Gasteiger partial charge is 0.481 e. The Bertz CT molecular complexity index is 530. The van der Waals surface area contributed by atoms with E-state index in [0.29, 0.717) is 19.5 Å². The molecule has 1 aliphatic rings. The smallest absolute Gasteiger partial charge is 0.317 e. The van der Waals surface area contributed by atoms with Gasteiger partial charge in [0, 0.05) is 13.1 Å². The molecule has 21 heavy (non-hydrogen) atoms. The van der Waals surface area contributed by atoms with Crippen LogP contribution in [0.15, 0.2) is 24.3 Å². The zero-order valence-electron chi connectivity index (χ0n) is 12.5. The van der Waals surface area contributed by atoms with Gasteiger partial charge in [0.2, 0.25) is 0 Å². The molecule has 2 rings (SSSR count). The minimum Gasteiger partial charge on any atom is -0.481 e. The van der Waals surface area contributed by atoms with Gasteiger partial charge in [-0.3, -0.25) is 4.79 Å². The topological polar surface area (TPSA) is 69.6 Å². The number of benzene rings is 1. The van der Waals surface area contributed by atoms with Crippen LogP contribution in [0.3, 0.4) is 0 Å². The molecule has 1 saturated heterocycles. The molecule has 5 nitrogen and oxygen atoms in total. The van der Waals surface area contributed by atoms with Crippen LogP contribution in [0.5, 0.6) is 0 Å². The number of piperidine rings is 1. The van der Waals surface area contributed by atoms with E-state index >= 15 is 0 Å². The number of aliphatic carboxylic acids is 1. The average molecular weight is 290 g/mol. The fraction of sp³-hybridized carbons (Fsp3) is 0.500. The number of likely N-dealkylation sites (tertiary alicyclic amines) is 1. The predicted molar refractivity (Wildman–Crippen MR) is 80.1 cm³/mol. The predicted octanol–water partition coefficient (Wildman–Crippen LogP) is 2.56. The van der Waals surface area contributed by atoms with Gasteiger partial charge in [-0.1, -0.05) is 24.3 Å². The third-order valence-electron chi connectivity index (χ3n) is 4.05. The Morgan fingerprint density at radius 3 is 2.76 bits per heavy atom. The van der Waals surface area contributed by atoms with Crippen molar-refractivity contribution in [3.8, 4) is 0 Å². The van der Waals surface area contributed by atoms with Crippen molar-refractivity contribution in [2.45, 2.75) is 32.7 Å². The second-order valence-electron chi connectivity index (χ2n) is 5.65. The normalized spacial score (nSPS) is 19.9. The van der Waals surface area contributed by atoms with Crippen LogP contribution in [0.2, 0.25) is 0 Å². The maximum atomic E-state index is 12.3. The first-order chi connectivity index (χ1) is 9.99. The molecule has 0 aromatic heterocycles. The molecular formula is C16H22N2O3. The minimum atomic E-state index is -0.820. The summed E-state index contributed by atoms with van der Waals surface area (Å²) < 4.78 is 0. The van der Waals surface area contributed by atoms with E-state index < -0.39 is 11.9 Å². The molecule has 114 valence electrons. The van der Waals surface area contributed by atoms with Crippen LogP contribution >= 0.6 is 0 Å². The zero-order valence-corrected chi connectivity index (χ0v) is 12.5. The fourth-order valence-corrected chi connectivity index (χ4v) is 2.79. The molecule has 0 saturated carbocycles. The van der Waals surface area contributed by atoms with Gasteiger partial charge in [0.15, 0.2) is 0 Å². The first-order valence-electron chi connectivity index (χ1n) is 7.33. The Labute approximate surface area is 125 Å². The van der Waals surface area contributed by atoms with Crippen molar-refractivity contribution in [2.75, 3.05) is 13.1 Å². The molecule has 0 radical (unpaired) electrons.